The minimum atomic E-state index is -3.65. The maximum atomic E-state index is 12.8. The Morgan fingerprint density at radius 1 is 1.10 bits per heavy atom. The lowest BCUT2D eigenvalue weighted by molar-refractivity contribution is -0.116. The highest BCUT2D eigenvalue weighted by atomic mass is 32.2. The summed E-state index contributed by atoms with van der Waals surface area (Å²) in [7, 11) is -1.54. The molecule has 0 unspecified atom stereocenters. The van der Waals surface area contributed by atoms with Crippen molar-refractivity contribution in [2.75, 3.05) is 36.0 Å². The van der Waals surface area contributed by atoms with E-state index >= 15 is 0 Å². The lowest BCUT2D eigenvalue weighted by Crippen LogP contribution is -2.45. The van der Waals surface area contributed by atoms with Crippen LogP contribution in [0.25, 0.3) is 0 Å². The normalized spacial score (nSPS) is 16.5. The summed E-state index contributed by atoms with van der Waals surface area (Å²) in [6, 6.07) is 13.3. The first-order valence-corrected chi connectivity index (χ1v) is 12.3. The molecule has 1 aliphatic rings. The Hall–Kier alpha value is -2.58. The minimum Gasteiger partial charge on any atom is -0.490 e. The van der Waals surface area contributed by atoms with E-state index < -0.39 is 22.0 Å². The van der Waals surface area contributed by atoms with Gasteiger partial charge in [-0.05, 0) is 70.1 Å². The Balaban J connectivity index is 1.65. The van der Waals surface area contributed by atoms with Gasteiger partial charge in [0.2, 0.25) is 15.9 Å². The number of carbonyl (C=O) groups is 1. The Labute approximate surface area is 185 Å². The fraction of sp³-hybridized carbons (Fsp3) is 0.435. The van der Waals surface area contributed by atoms with Crippen molar-refractivity contribution in [1.29, 1.82) is 0 Å². The van der Waals surface area contributed by atoms with E-state index in [-0.39, 0.29) is 6.10 Å². The molecule has 168 valence electrons. The molecule has 0 aromatic heterocycles. The number of likely N-dealkylation sites (tertiary alicyclic amines) is 1. The first-order chi connectivity index (χ1) is 14.6. The van der Waals surface area contributed by atoms with Crippen molar-refractivity contribution in [1.82, 2.24) is 4.90 Å². The molecule has 1 saturated heterocycles. The summed E-state index contributed by atoms with van der Waals surface area (Å²) in [5.41, 5.74) is 2.06. The fourth-order valence-electron chi connectivity index (χ4n) is 3.66. The van der Waals surface area contributed by atoms with Gasteiger partial charge in [0, 0.05) is 18.8 Å². The van der Waals surface area contributed by atoms with Crippen molar-refractivity contribution in [2.45, 2.75) is 38.8 Å². The van der Waals surface area contributed by atoms with E-state index in [0.717, 1.165) is 47.8 Å². The predicted molar refractivity (Wildman–Crippen MR) is 124 cm³/mol. The molecule has 2 aromatic rings. The first-order valence-electron chi connectivity index (χ1n) is 10.5. The highest BCUT2D eigenvalue weighted by molar-refractivity contribution is 7.92. The lowest BCUT2D eigenvalue weighted by atomic mass is 10.1. The maximum Gasteiger partial charge on any atom is 0.247 e. The van der Waals surface area contributed by atoms with Crippen LogP contribution in [0.2, 0.25) is 0 Å². The highest BCUT2D eigenvalue weighted by Crippen LogP contribution is 2.24. The van der Waals surface area contributed by atoms with Gasteiger partial charge in [-0.15, -0.1) is 0 Å². The van der Waals surface area contributed by atoms with Gasteiger partial charge in [-0.3, -0.25) is 9.10 Å². The number of rotatable bonds is 7. The molecule has 1 atom stereocenters. The molecule has 0 bridgehead atoms. The van der Waals surface area contributed by atoms with Crippen LogP contribution in [0.5, 0.6) is 5.75 Å². The number of hydrogen-bond acceptors (Lipinski definition) is 5. The second kappa shape index (κ2) is 9.70. The minimum absolute atomic E-state index is 0.203. The quantitative estimate of drug-likeness (QED) is 0.708. The molecule has 1 heterocycles. The van der Waals surface area contributed by atoms with Crippen molar-refractivity contribution >= 4 is 27.3 Å². The predicted octanol–water partition coefficient (Wildman–Crippen LogP) is 3.26. The third-order valence-electron chi connectivity index (χ3n) is 5.47. The Morgan fingerprint density at radius 2 is 1.68 bits per heavy atom. The number of anilines is 2. The molecule has 1 fully saturated rings. The number of aryl methyl sites for hydroxylation is 1. The smallest absolute Gasteiger partial charge is 0.247 e. The van der Waals surface area contributed by atoms with Crippen LogP contribution in [0.4, 0.5) is 11.4 Å². The van der Waals surface area contributed by atoms with Gasteiger partial charge >= 0.3 is 0 Å². The second-order valence-electron chi connectivity index (χ2n) is 8.20. The topological polar surface area (TPSA) is 79.0 Å². The zero-order valence-electron chi connectivity index (χ0n) is 18.5. The number of nitrogens with zero attached hydrogens (tertiary/aromatic N) is 2. The molecule has 2 aromatic carbocycles. The Bertz CT molecular complexity index is 982. The van der Waals surface area contributed by atoms with Crippen molar-refractivity contribution in [2.24, 2.45) is 0 Å². The molecule has 31 heavy (non-hydrogen) atoms. The summed E-state index contributed by atoms with van der Waals surface area (Å²) in [6.07, 6.45) is 3.29. The zero-order valence-corrected chi connectivity index (χ0v) is 19.4. The van der Waals surface area contributed by atoms with Crippen molar-refractivity contribution < 1.29 is 17.9 Å². The van der Waals surface area contributed by atoms with Crippen LogP contribution >= 0.6 is 0 Å². The van der Waals surface area contributed by atoms with Gasteiger partial charge in [0.05, 0.1) is 11.9 Å². The Morgan fingerprint density at radius 3 is 2.23 bits per heavy atom. The largest absolute Gasteiger partial charge is 0.490 e. The average molecular weight is 446 g/mol. The number of amides is 1. The van der Waals surface area contributed by atoms with Crippen LogP contribution in [-0.4, -0.2) is 57.8 Å². The van der Waals surface area contributed by atoms with Gasteiger partial charge in [0.25, 0.3) is 0 Å². The number of nitrogens with one attached hydrogen (secondary N) is 1. The highest BCUT2D eigenvalue weighted by Gasteiger charge is 2.29. The molecule has 3 rings (SSSR count). The van der Waals surface area contributed by atoms with E-state index in [9.17, 15) is 13.2 Å². The molecular weight excluding hydrogens is 414 g/mol. The van der Waals surface area contributed by atoms with Gasteiger partial charge in [-0.2, -0.15) is 0 Å². The van der Waals surface area contributed by atoms with Gasteiger partial charge in [-0.1, -0.05) is 17.7 Å². The average Bonchev–Trinajstić information content (AvgIpc) is 2.71. The number of hydrogen-bond donors (Lipinski definition) is 1. The standard InChI is InChI=1S/C23H31N3O4S/c1-17-5-9-20(10-6-17)26(31(4,28)29)18(2)23(27)24-19-7-11-21(12-8-19)30-22-13-15-25(3)16-14-22/h5-12,18,22H,13-16H2,1-4H3,(H,24,27)/t18-/m0/s1. The molecular formula is C23H31N3O4S. The Kier molecular flexibility index (Phi) is 7.23. The maximum absolute atomic E-state index is 12.8. The summed E-state index contributed by atoms with van der Waals surface area (Å²) in [5.74, 6) is 0.355. The van der Waals surface area contributed by atoms with E-state index in [1.54, 1.807) is 31.2 Å². The number of benzene rings is 2. The van der Waals surface area contributed by atoms with Crippen LogP contribution < -0.4 is 14.4 Å². The van der Waals surface area contributed by atoms with E-state index in [1.165, 1.54) is 0 Å². The third kappa shape index (κ3) is 6.21. The molecule has 0 saturated carbocycles. The van der Waals surface area contributed by atoms with Crippen molar-refractivity contribution in [3.8, 4) is 5.75 Å². The van der Waals surface area contributed by atoms with Gasteiger partial charge < -0.3 is 15.0 Å². The summed E-state index contributed by atoms with van der Waals surface area (Å²) < 4.78 is 32.0. The van der Waals surface area contributed by atoms with Crippen molar-refractivity contribution in [3.63, 3.8) is 0 Å². The second-order valence-corrected chi connectivity index (χ2v) is 10.1. The SMILES string of the molecule is Cc1ccc(N([C@@H](C)C(=O)Nc2ccc(OC3CCN(C)CC3)cc2)S(C)(=O)=O)cc1. The molecule has 1 aliphatic heterocycles. The summed E-state index contributed by atoms with van der Waals surface area (Å²) in [5, 5.41) is 2.80. The number of carbonyl (C=O) groups excluding carboxylic acids is 1. The lowest BCUT2D eigenvalue weighted by Gasteiger charge is -2.29. The van der Waals surface area contributed by atoms with Crippen LogP contribution in [-0.2, 0) is 14.8 Å². The van der Waals surface area contributed by atoms with Crippen LogP contribution in [0.1, 0.15) is 25.3 Å². The monoisotopic (exact) mass is 445 g/mol. The molecule has 0 spiro atoms. The zero-order chi connectivity index (χ0) is 22.6. The molecule has 8 heteroatoms. The van der Waals surface area contributed by atoms with Gasteiger partial charge in [0.1, 0.15) is 17.9 Å². The summed E-state index contributed by atoms with van der Waals surface area (Å²) >= 11 is 0. The summed E-state index contributed by atoms with van der Waals surface area (Å²) in [4.78, 5) is 15.1. The molecule has 7 nitrogen and oxygen atoms in total. The van der Waals surface area contributed by atoms with E-state index in [1.807, 2.05) is 31.2 Å². The van der Waals surface area contributed by atoms with Crippen LogP contribution in [0.15, 0.2) is 48.5 Å². The molecule has 1 N–H and O–H groups in total. The number of ether oxygens (including phenoxy) is 1. The number of piperidine rings is 1. The van der Waals surface area contributed by atoms with Crippen LogP contribution in [0, 0.1) is 6.92 Å². The third-order valence-corrected chi connectivity index (χ3v) is 6.71. The summed E-state index contributed by atoms with van der Waals surface area (Å²) in [6.45, 7) is 5.54. The van der Waals surface area contributed by atoms with Crippen LogP contribution in [0.3, 0.4) is 0 Å². The number of sulfonamides is 1. The van der Waals surface area contributed by atoms with E-state index in [0.29, 0.717) is 11.4 Å². The first kappa shape index (κ1) is 23.1. The van der Waals surface area contributed by atoms with Gasteiger partial charge in [0.15, 0.2) is 0 Å². The molecule has 0 radical (unpaired) electrons. The van der Waals surface area contributed by atoms with Gasteiger partial charge in [-0.25, -0.2) is 8.42 Å². The van der Waals surface area contributed by atoms with E-state index in [2.05, 4.69) is 17.3 Å². The fourth-order valence-corrected chi connectivity index (χ4v) is 4.83. The van der Waals surface area contributed by atoms with Crippen molar-refractivity contribution in [3.05, 3.63) is 54.1 Å². The molecule has 0 aliphatic carbocycles. The molecule has 1 amide bonds. The van der Waals surface area contributed by atoms with E-state index in [4.69, 9.17) is 4.74 Å².